The Bertz CT molecular complexity index is 1260. The predicted molar refractivity (Wildman–Crippen MR) is 145 cm³/mol. The summed E-state index contributed by atoms with van der Waals surface area (Å²) in [6.45, 7) is 0. The maximum absolute atomic E-state index is 13.3. The molecule has 1 aliphatic carbocycles. The van der Waals surface area contributed by atoms with E-state index in [2.05, 4.69) is 10.6 Å². The molecule has 0 fully saturated rings. The number of anilines is 2. The second kappa shape index (κ2) is 12.3. The van der Waals surface area contributed by atoms with Crippen LogP contribution in [0, 0.1) is 11.8 Å². The number of allylic oxidation sites excluding steroid dienone is 2. The number of carbonyl (C=O) groups is 3. The van der Waals surface area contributed by atoms with Gasteiger partial charge in [-0.25, -0.2) is 0 Å². The number of carboxylic acids is 1. The van der Waals surface area contributed by atoms with Crippen molar-refractivity contribution in [1.29, 1.82) is 0 Å². The lowest BCUT2D eigenvalue weighted by atomic mass is 9.82. The average molecular weight is 517 g/mol. The van der Waals surface area contributed by atoms with Gasteiger partial charge in [0.25, 0.3) is 0 Å². The molecule has 0 aliphatic heterocycles. The first-order chi connectivity index (χ1) is 17.9. The molecular weight excluding hydrogens is 488 g/mol. The van der Waals surface area contributed by atoms with Crippen LogP contribution in [-0.4, -0.2) is 30.0 Å². The van der Waals surface area contributed by atoms with Gasteiger partial charge in [-0.2, -0.15) is 0 Å². The van der Waals surface area contributed by atoms with Gasteiger partial charge in [-0.15, -0.1) is 11.8 Å². The largest absolute Gasteiger partial charge is 0.497 e. The summed E-state index contributed by atoms with van der Waals surface area (Å²) in [6, 6.07) is 23.9. The third-order valence-electron chi connectivity index (χ3n) is 6.16. The minimum atomic E-state index is -0.962. The van der Waals surface area contributed by atoms with Crippen LogP contribution in [0.3, 0.4) is 0 Å². The highest BCUT2D eigenvalue weighted by molar-refractivity contribution is 8.00. The number of amides is 2. The van der Waals surface area contributed by atoms with Crippen molar-refractivity contribution in [3.63, 3.8) is 0 Å². The normalized spacial score (nSPS) is 17.4. The standard InChI is InChI=1S/C29H28N2O5S/c1-36-22-15-11-20(12-16-22)31-28(33)26(19-7-3-2-4-8-19)37-23-17-13-21(14-18-23)30-27(32)24-9-5-6-10-25(24)29(34)35/h2-8,11-18,24-26H,9-10H2,1H3,(H,30,32)(H,31,33)(H,34,35). The molecule has 0 radical (unpaired) electrons. The van der Waals surface area contributed by atoms with Gasteiger partial charge in [0.1, 0.15) is 11.0 Å². The summed E-state index contributed by atoms with van der Waals surface area (Å²) in [5.41, 5.74) is 2.11. The highest BCUT2D eigenvalue weighted by atomic mass is 32.2. The minimum absolute atomic E-state index is 0.163. The van der Waals surface area contributed by atoms with E-state index in [1.807, 2.05) is 54.6 Å². The zero-order valence-electron chi connectivity index (χ0n) is 20.3. The van der Waals surface area contributed by atoms with Crippen molar-refractivity contribution in [2.45, 2.75) is 23.0 Å². The minimum Gasteiger partial charge on any atom is -0.497 e. The molecule has 1 aliphatic rings. The molecule has 2 amide bonds. The SMILES string of the molecule is COc1ccc(NC(=O)C(Sc2ccc(NC(=O)C3CC=CCC3C(=O)O)cc2)c2ccccc2)cc1. The van der Waals surface area contributed by atoms with E-state index in [1.54, 1.807) is 43.5 Å². The number of nitrogens with one attached hydrogen (secondary N) is 2. The average Bonchev–Trinajstić information content (AvgIpc) is 2.93. The van der Waals surface area contributed by atoms with Crippen LogP contribution in [0.5, 0.6) is 5.75 Å². The summed E-state index contributed by atoms with van der Waals surface area (Å²) < 4.78 is 5.18. The second-order valence-electron chi connectivity index (χ2n) is 8.63. The number of methoxy groups -OCH3 is 1. The van der Waals surface area contributed by atoms with Crippen molar-refractivity contribution in [2.24, 2.45) is 11.8 Å². The molecule has 7 nitrogen and oxygen atoms in total. The van der Waals surface area contributed by atoms with Gasteiger partial charge in [-0.1, -0.05) is 42.5 Å². The lowest BCUT2D eigenvalue weighted by Gasteiger charge is -2.24. The lowest BCUT2D eigenvalue weighted by Crippen LogP contribution is -2.34. The van der Waals surface area contributed by atoms with Crippen molar-refractivity contribution in [3.8, 4) is 5.75 Å². The number of carbonyl (C=O) groups excluding carboxylic acids is 2. The first kappa shape index (κ1) is 26.0. The number of carboxylic acid groups (broad SMARTS) is 1. The highest BCUT2D eigenvalue weighted by Crippen LogP contribution is 2.37. The molecule has 37 heavy (non-hydrogen) atoms. The molecule has 3 unspecified atom stereocenters. The monoisotopic (exact) mass is 516 g/mol. The molecule has 0 aromatic heterocycles. The summed E-state index contributed by atoms with van der Waals surface area (Å²) >= 11 is 1.40. The molecule has 3 aromatic rings. The van der Waals surface area contributed by atoms with Crippen LogP contribution >= 0.6 is 11.8 Å². The fraction of sp³-hybridized carbons (Fsp3) is 0.207. The van der Waals surface area contributed by atoms with Gasteiger partial charge < -0.3 is 20.5 Å². The van der Waals surface area contributed by atoms with E-state index >= 15 is 0 Å². The Morgan fingerprint density at radius 1 is 0.838 bits per heavy atom. The molecule has 190 valence electrons. The highest BCUT2D eigenvalue weighted by Gasteiger charge is 2.34. The Hall–Kier alpha value is -4.04. The van der Waals surface area contributed by atoms with Gasteiger partial charge in [0, 0.05) is 16.3 Å². The summed E-state index contributed by atoms with van der Waals surface area (Å²) in [6.07, 6.45) is 4.41. The molecule has 0 heterocycles. The van der Waals surface area contributed by atoms with Crippen LogP contribution in [0.2, 0.25) is 0 Å². The summed E-state index contributed by atoms with van der Waals surface area (Å²) in [4.78, 5) is 38.4. The van der Waals surface area contributed by atoms with Crippen LogP contribution in [0.1, 0.15) is 23.7 Å². The van der Waals surface area contributed by atoms with Crippen LogP contribution in [-0.2, 0) is 14.4 Å². The number of hydrogen-bond donors (Lipinski definition) is 3. The zero-order chi connectivity index (χ0) is 26.2. The Morgan fingerprint density at radius 2 is 1.43 bits per heavy atom. The van der Waals surface area contributed by atoms with Gasteiger partial charge in [0.15, 0.2) is 0 Å². The molecule has 0 bridgehead atoms. The Kier molecular flexibility index (Phi) is 8.64. The van der Waals surface area contributed by atoms with E-state index in [9.17, 15) is 19.5 Å². The molecule has 0 saturated heterocycles. The van der Waals surface area contributed by atoms with Gasteiger partial charge in [-0.3, -0.25) is 14.4 Å². The molecule has 0 saturated carbocycles. The lowest BCUT2D eigenvalue weighted by molar-refractivity contribution is -0.146. The molecule has 0 spiro atoms. The summed E-state index contributed by atoms with van der Waals surface area (Å²) in [5, 5.41) is 14.8. The number of hydrogen-bond acceptors (Lipinski definition) is 5. The fourth-order valence-corrected chi connectivity index (χ4v) is 5.17. The first-order valence-corrected chi connectivity index (χ1v) is 12.8. The Morgan fingerprint density at radius 3 is 2.05 bits per heavy atom. The third kappa shape index (κ3) is 6.80. The van der Waals surface area contributed by atoms with Crippen molar-refractivity contribution in [3.05, 3.63) is 96.6 Å². The van der Waals surface area contributed by atoms with E-state index in [4.69, 9.17) is 4.74 Å². The zero-order valence-corrected chi connectivity index (χ0v) is 21.1. The quantitative estimate of drug-likeness (QED) is 0.246. The number of aliphatic carboxylic acids is 1. The van der Waals surface area contributed by atoms with E-state index in [0.29, 0.717) is 30.0 Å². The van der Waals surface area contributed by atoms with Gasteiger partial charge >= 0.3 is 5.97 Å². The van der Waals surface area contributed by atoms with Gasteiger partial charge in [0.2, 0.25) is 11.8 Å². The fourth-order valence-electron chi connectivity index (χ4n) is 4.15. The van der Waals surface area contributed by atoms with Gasteiger partial charge in [-0.05, 0) is 66.9 Å². The van der Waals surface area contributed by atoms with E-state index in [1.165, 1.54) is 11.8 Å². The first-order valence-electron chi connectivity index (χ1n) is 11.9. The molecule has 3 atom stereocenters. The predicted octanol–water partition coefficient (Wildman–Crippen LogP) is 5.77. The van der Waals surface area contributed by atoms with Crippen LogP contribution < -0.4 is 15.4 Å². The molecule has 3 N–H and O–H groups in total. The van der Waals surface area contributed by atoms with Crippen molar-refractivity contribution in [2.75, 3.05) is 17.7 Å². The molecular formula is C29H28N2O5S. The smallest absolute Gasteiger partial charge is 0.307 e. The molecule has 3 aromatic carbocycles. The maximum atomic E-state index is 13.3. The second-order valence-corrected chi connectivity index (χ2v) is 9.81. The summed E-state index contributed by atoms with van der Waals surface area (Å²) in [7, 11) is 1.59. The summed E-state index contributed by atoms with van der Waals surface area (Å²) in [5.74, 6) is -2.06. The van der Waals surface area contributed by atoms with E-state index < -0.39 is 23.1 Å². The van der Waals surface area contributed by atoms with E-state index in [0.717, 1.165) is 10.5 Å². The topological polar surface area (TPSA) is 105 Å². The van der Waals surface area contributed by atoms with Crippen molar-refractivity contribution < 1.29 is 24.2 Å². The number of benzene rings is 3. The van der Waals surface area contributed by atoms with Crippen LogP contribution in [0.15, 0.2) is 95.9 Å². The number of thioether (sulfide) groups is 1. The van der Waals surface area contributed by atoms with E-state index in [-0.39, 0.29) is 11.8 Å². The Labute approximate surface area is 219 Å². The third-order valence-corrected chi connectivity index (χ3v) is 7.43. The molecule has 4 rings (SSSR count). The number of ether oxygens (including phenoxy) is 1. The van der Waals surface area contributed by atoms with Crippen LogP contribution in [0.25, 0.3) is 0 Å². The van der Waals surface area contributed by atoms with Crippen LogP contribution in [0.4, 0.5) is 11.4 Å². The number of rotatable bonds is 9. The van der Waals surface area contributed by atoms with Crippen molar-refractivity contribution in [1.82, 2.24) is 0 Å². The van der Waals surface area contributed by atoms with Gasteiger partial charge in [0.05, 0.1) is 18.9 Å². The Balaban J connectivity index is 1.45. The maximum Gasteiger partial charge on any atom is 0.307 e. The molecule has 8 heteroatoms. The van der Waals surface area contributed by atoms with Crippen molar-refractivity contribution >= 4 is 40.9 Å².